The van der Waals surface area contributed by atoms with Crippen molar-refractivity contribution in [1.29, 1.82) is 0 Å². The molecule has 0 saturated heterocycles. The summed E-state index contributed by atoms with van der Waals surface area (Å²) in [4.78, 5) is 8.96. The number of aryl methyl sites for hydroxylation is 2. The first-order valence-corrected chi connectivity index (χ1v) is 5.68. The molecule has 0 aliphatic rings. The summed E-state index contributed by atoms with van der Waals surface area (Å²) in [5, 5.41) is 4.30. The topological polar surface area (TPSA) is 69.6 Å². The maximum absolute atomic E-state index is 5.99. The second kappa shape index (κ2) is 3.80. The Morgan fingerprint density at radius 3 is 2.39 bits per heavy atom. The van der Waals surface area contributed by atoms with Crippen LogP contribution in [-0.2, 0) is 7.05 Å². The minimum absolute atomic E-state index is 0.435. The molecule has 0 bridgehead atoms. The van der Waals surface area contributed by atoms with Crippen LogP contribution in [0, 0.1) is 6.92 Å². The van der Waals surface area contributed by atoms with Gasteiger partial charge in [0.05, 0.1) is 16.7 Å². The molecular weight excluding hydrogens is 226 g/mol. The molecule has 0 unspecified atom stereocenters. The highest BCUT2D eigenvalue weighted by atomic mass is 15.2. The van der Waals surface area contributed by atoms with Crippen LogP contribution in [-0.4, -0.2) is 19.7 Å². The smallest absolute Gasteiger partial charge is 0.150 e. The summed E-state index contributed by atoms with van der Waals surface area (Å²) in [6, 6.07) is 7.69. The number of rotatable bonds is 1. The lowest BCUT2D eigenvalue weighted by atomic mass is 10.2. The van der Waals surface area contributed by atoms with Gasteiger partial charge in [-0.05, 0) is 19.1 Å². The van der Waals surface area contributed by atoms with E-state index in [1.165, 1.54) is 0 Å². The van der Waals surface area contributed by atoms with Gasteiger partial charge in [-0.2, -0.15) is 5.10 Å². The Morgan fingerprint density at radius 2 is 1.78 bits per heavy atom. The number of hydrogen-bond acceptors (Lipinski definition) is 4. The van der Waals surface area contributed by atoms with Gasteiger partial charge in [-0.1, -0.05) is 12.1 Å². The van der Waals surface area contributed by atoms with Crippen LogP contribution in [0.5, 0.6) is 0 Å². The van der Waals surface area contributed by atoms with E-state index in [1.807, 2.05) is 44.4 Å². The van der Waals surface area contributed by atoms with Crippen molar-refractivity contribution < 1.29 is 0 Å². The van der Waals surface area contributed by atoms with E-state index in [0.29, 0.717) is 11.5 Å². The minimum atomic E-state index is 0.435. The Labute approximate surface area is 104 Å². The van der Waals surface area contributed by atoms with E-state index >= 15 is 0 Å². The zero-order chi connectivity index (χ0) is 12.7. The van der Waals surface area contributed by atoms with Gasteiger partial charge in [0.2, 0.25) is 0 Å². The number of aromatic nitrogens is 4. The predicted molar refractivity (Wildman–Crippen MR) is 70.9 cm³/mol. The van der Waals surface area contributed by atoms with Gasteiger partial charge in [-0.3, -0.25) is 4.68 Å². The van der Waals surface area contributed by atoms with Gasteiger partial charge >= 0.3 is 0 Å². The summed E-state index contributed by atoms with van der Waals surface area (Å²) in [6.45, 7) is 1.94. The highest BCUT2D eigenvalue weighted by Crippen LogP contribution is 2.26. The van der Waals surface area contributed by atoms with E-state index in [1.54, 1.807) is 4.68 Å². The molecule has 5 heteroatoms. The number of nitrogen functional groups attached to an aromatic ring is 1. The fourth-order valence-corrected chi connectivity index (χ4v) is 2.04. The minimum Gasteiger partial charge on any atom is -0.382 e. The number of anilines is 1. The molecule has 3 aromatic rings. The molecule has 0 amide bonds. The first-order chi connectivity index (χ1) is 8.65. The molecule has 2 heterocycles. The van der Waals surface area contributed by atoms with Crippen molar-refractivity contribution in [2.75, 3.05) is 5.73 Å². The van der Waals surface area contributed by atoms with E-state index in [9.17, 15) is 0 Å². The molecule has 0 radical (unpaired) electrons. The lowest BCUT2D eigenvalue weighted by molar-refractivity contribution is 0.756. The van der Waals surface area contributed by atoms with Crippen molar-refractivity contribution in [2.45, 2.75) is 6.92 Å². The Morgan fingerprint density at radius 1 is 1.11 bits per heavy atom. The molecule has 0 fully saturated rings. The van der Waals surface area contributed by atoms with Crippen molar-refractivity contribution in [2.24, 2.45) is 7.05 Å². The van der Waals surface area contributed by atoms with Gasteiger partial charge < -0.3 is 5.73 Å². The first-order valence-electron chi connectivity index (χ1n) is 5.68. The van der Waals surface area contributed by atoms with Gasteiger partial charge in [0, 0.05) is 18.8 Å². The Bertz CT molecular complexity index is 729. The largest absolute Gasteiger partial charge is 0.382 e. The van der Waals surface area contributed by atoms with Crippen LogP contribution in [0.3, 0.4) is 0 Å². The normalized spacial score (nSPS) is 11.0. The van der Waals surface area contributed by atoms with Crippen molar-refractivity contribution in [3.8, 4) is 11.3 Å². The molecule has 0 spiro atoms. The van der Waals surface area contributed by atoms with Gasteiger partial charge in [0.15, 0.2) is 5.82 Å². The van der Waals surface area contributed by atoms with Crippen LogP contribution >= 0.6 is 0 Å². The first kappa shape index (κ1) is 10.7. The van der Waals surface area contributed by atoms with E-state index in [-0.39, 0.29) is 0 Å². The molecule has 0 atom stereocenters. The van der Waals surface area contributed by atoms with Crippen LogP contribution in [0.15, 0.2) is 30.5 Å². The SMILES string of the molecule is Cc1nn(C)cc1-c1nc2ccccc2nc1N. The summed E-state index contributed by atoms with van der Waals surface area (Å²) in [7, 11) is 1.88. The van der Waals surface area contributed by atoms with Crippen LogP contribution < -0.4 is 5.73 Å². The quantitative estimate of drug-likeness (QED) is 0.704. The zero-order valence-electron chi connectivity index (χ0n) is 10.3. The third kappa shape index (κ3) is 1.60. The van der Waals surface area contributed by atoms with Gasteiger partial charge in [0.1, 0.15) is 5.69 Å². The highest BCUT2D eigenvalue weighted by molar-refractivity contribution is 5.82. The molecule has 2 N–H and O–H groups in total. The lowest BCUT2D eigenvalue weighted by Crippen LogP contribution is -1.98. The van der Waals surface area contributed by atoms with E-state index < -0.39 is 0 Å². The van der Waals surface area contributed by atoms with Crippen LogP contribution in [0.4, 0.5) is 5.82 Å². The number of para-hydroxylation sites is 2. The van der Waals surface area contributed by atoms with Crippen LogP contribution in [0.1, 0.15) is 5.69 Å². The number of nitrogens with two attached hydrogens (primary N) is 1. The lowest BCUT2D eigenvalue weighted by Gasteiger charge is -2.04. The molecule has 0 aliphatic heterocycles. The molecule has 18 heavy (non-hydrogen) atoms. The molecule has 2 aromatic heterocycles. The number of fused-ring (bicyclic) bond motifs is 1. The monoisotopic (exact) mass is 239 g/mol. The summed E-state index contributed by atoms with van der Waals surface area (Å²) in [5.74, 6) is 0.435. The highest BCUT2D eigenvalue weighted by Gasteiger charge is 2.13. The van der Waals surface area contributed by atoms with Crippen molar-refractivity contribution in [3.05, 3.63) is 36.2 Å². The Hall–Kier alpha value is -2.43. The maximum Gasteiger partial charge on any atom is 0.150 e. The van der Waals surface area contributed by atoms with E-state index in [2.05, 4.69) is 15.1 Å². The number of hydrogen-bond donors (Lipinski definition) is 1. The van der Waals surface area contributed by atoms with Crippen molar-refractivity contribution in [3.63, 3.8) is 0 Å². The summed E-state index contributed by atoms with van der Waals surface area (Å²) >= 11 is 0. The van der Waals surface area contributed by atoms with Crippen LogP contribution in [0.25, 0.3) is 22.3 Å². The Kier molecular flexibility index (Phi) is 2.26. The molecule has 5 nitrogen and oxygen atoms in total. The average Bonchev–Trinajstić information content (AvgIpc) is 2.67. The summed E-state index contributed by atoms with van der Waals surface area (Å²) in [6.07, 6.45) is 1.91. The Balaban J connectivity index is 2.29. The van der Waals surface area contributed by atoms with Gasteiger partial charge in [-0.15, -0.1) is 0 Å². The third-order valence-electron chi connectivity index (χ3n) is 2.87. The number of benzene rings is 1. The van der Waals surface area contributed by atoms with E-state index in [4.69, 9.17) is 5.73 Å². The molecule has 1 aromatic carbocycles. The average molecular weight is 239 g/mol. The number of nitrogens with zero attached hydrogens (tertiary/aromatic N) is 4. The second-order valence-corrected chi connectivity index (χ2v) is 4.25. The molecule has 0 saturated carbocycles. The molecule has 0 aliphatic carbocycles. The van der Waals surface area contributed by atoms with Gasteiger partial charge in [0.25, 0.3) is 0 Å². The second-order valence-electron chi connectivity index (χ2n) is 4.25. The fraction of sp³-hybridized carbons (Fsp3) is 0.154. The zero-order valence-corrected chi connectivity index (χ0v) is 10.3. The third-order valence-corrected chi connectivity index (χ3v) is 2.87. The van der Waals surface area contributed by atoms with Crippen molar-refractivity contribution in [1.82, 2.24) is 19.7 Å². The molecule has 3 rings (SSSR count). The maximum atomic E-state index is 5.99. The summed E-state index contributed by atoms with van der Waals surface area (Å²) in [5.41, 5.74) is 10.1. The fourth-order valence-electron chi connectivity index (χ4n) is 2.04. The standard InChI is InChI=1S/C13H13N5/c1-8-9(7-18(2)17-8)12-13(14)16-11-6-4-3-5-10(11)15-12/h3-7H,1-2H3,(H2,14,16). The summed E-state index contributed by atoms with van der Waals surface area (Å²) < 4.78 is 1.75. The van der Waals surface area contributed by atoms with Gasteiger partial charge in [-0.25, -0.2) is 9.97 Å². The molecule has 90 valence electrons. The van der Waals surface area contributed by atoms with E-state index in [0.717, 1.165) is 22.3 Å². The molecular formula is C13H13N5. The predicted octanol–water partition coefficient (Wildman–Crippen LogP) is 1.92. The van der Waals surface area contributed by atoms with Crippen molar-refractivity contribution >= 4 is 16.9 Å². The van der Waals surface area contributed by atoms with Crippen LogP contribution in [0.2, 0.25) is 0 Å².